The van der Waals surface area contributed by atoms with Crippen LogP contribution in [0, 0.1) is 0 Å². The Labute approximate surface area is 287 Å². The molecule has 6 rings (SSSR count). The van der Waals surface area contributed by atoms with Crippen LogP contribution in [-0.2, 0) is 43.5 Å². The van der Waals surface area contributed by atoms with Crippen molar-refractivity contribution in [1.82, 2.24) is 4.90 Å². The van der Waals surface area contributed by atoms with Gasteiger partial charge in [0.1, 0.15) is 30.1 Å². The van der Waals surface area contributed by atoms with Crippen molar-refractivity contribution in [2.75, 3.05) is 13.7 Å². The number of carbonyl (C=O) groups is 2. The molecule has 0 aromatic heterocycles. The zero-order valence-corrected chi connectivity index (χ0v) is 27.7. The van der Waals surface area contributed by atoms with E-state index in [1.54, 1.807) is 37.5 Å². The lowest BCUT2D eigenvalue weighted by atomic mass is 9.94. The number of ether oxygens (including phenoxy) is 6. The smallest absolute Gasteiger partial charge is 0.262 e. The number of hydrogen-bond acceptors (Lipinski definition) is 8. The second-order valence-electron chi connectivity index (χ2n) is 12.0. The fraction of sp³-hybridized carbons (Fsp3) is 0.300. The number of benzene rings is 4. The molecule has 0 aliphatic carbocycles. The predicted molar refractivity (Wildman–Crippen MR) is 183 cm³/mol. The highest BCUT2D eigenvalue weighted by molar-refractivity contribution is 6.21. The summed E-state index contributed by atoms with van der Waals surface area (Å²) in [5.41, 5.74) is 3.44. The molecule has 4 aromatic rings. The summed E-state index contributed by atoms with van der Waals surface area (Å²) in [5, 5.41) is 0. The Hall–Kier alpha value is -4.64. The number of amides is 2. The molecule has 0 bridgehead atoms. The molecule has 9 heteroatoms. The highest BCUT2D eigenvalue weighted by atomic mass is 16.7. The maximum Gasteiger partial charge on any atom is 0.262 e. The molecule has 254 valence electrons. The SMILES string of the molecule is C=C[C@@H](C)O[C@@H]1O[C@H](COCc2ccccc2)[C@@H](OCc2ccc(OC)cc2)[C@H](OCc2ccccc2)[C@H]1N1C(=O)c2ccccc2C1=O. The Kier molecular flexibility index (Phi) is 11.3. The molecular weight excluding hydrogens is 622 g/mol. The van der Waals surface area contributed by atoms with Crippen molar-refractivity contribution in [2.45, 2.75) is 63.5 Å². The van der Waals surface area contributed by atoms with E-state index in [0.717, 1.165) is 22.4 Å². The van der Waals surface area contributed by atoms with E-state index in [9.17, 15) is 9.59 Å². The van der Waals surface area contributed by atoms with Gasteiger partial charge in [-0.1, -0.05) is 91.0 Å². The van der Waals surface area contributed by atoms with Gasteiger partial charge in [-0.15, -0.1) is 6.58 Å². The molecule has 2 heterocycles. The normalized spacial score (nSPS) is 22.5. The minimum absolute atomic E-state index is 0.130. The molecule has 6 atom stereocenters. The maximum absolute atomic E-state index is 14.0. The second kappa shape index (κ2) is 16.2. The zero-order chi connectivity index (χ0) is 34.2. The lowest BCUT2D eigenvalue weighted by molar-refractivity contribution is -0.303. The summed E-state index contributed by atoms with van der Waals surface area (Å²) >= 11 is 0. The van der Waals surface area contributed by atoms with Gasteiger partial charge in [0, 0.05) is 0 Å². The van der Waals surface area contributed by atoms with Gasteiger partial charge in [-0.2, -0.15) is 0 Å². The summed E-state index contributed by atoms with van der Waals surface area (Å²) in [5.74, 6) is -0.173. The van der Waals surface area contributed by atoms with Gasteiger partial charge < -0.3 is 28.4 Å². The third-order valence-corrected chi connectivity index (χ3v) is 8.70. The van der Waals surface area contributed by atoms with Crippen molar-refractivity contribution >= 4 is 11.8 Å². The quantitative estimate of drug-likeness (QED) is 0.107. The van der Waals surface area contributed by atoms with Crippen molar-refractivity contribution in [3.63, 3.8) is 0 Å². The van der Waals surface area contributed by atoms with Gasteiger partial charge in [0.25, 0.3) is 11.8 Å². The first-order valence-corrected chi connectivity index (χ1v) is 16.4. The van der Waals surface area contributed by atoms with Crippen molar-refractivity contribution < 1.29 is 38.0 Å². The molecule has 9 nitrogen and oxygen atoms in total. The Morgan fingerprint density at radius 1 is 0.735 bits per heavy atom. The van der Waals surface area contributed by atoms with E-state index in [1.165, 1.54) is 4.90 Å². The molecule has 0 spiro atoms. The van der Waals surface area contributed by atoms with Gasteiger partial charge in [-0.3, -0.25) is 14.5 Å². The molecule has 4 aromatic carbocycles. The Balaban J connectivity index is 1.38. The first-order valence-electron chi connectivity index (χ1n) is 16.4. The lowest BCUT2D eigenvalue weighted by Gasteiger charge is -2.48. The Bertz CT molecular complexity index is 1660. The highest BCUT2D eigenvalue weighted by Crippen LogP contribution is 2.36. The molecule has 1 saturated heterocycles. The Morgan fingerprint density at radius 2 is 1.27 bits per heavy atom. The minimum atomic E-state index is -1.08. The van der Waals surface area contributed by atoms with E-state index < -0.39 is 48.6 Å². The van der Waals surface area contributed by atoms with Crippen LogP contribution < -0.4 is 4.74 Å². The van der Waals surface area contributed by atoms with Crippen molar-refractivity contribution in [3.05, 3.63) is 150 Å². The topological polar surface area (TPSA) is 92.8 Å². The molecule has 0 N–H and O–H groups in total. The molecule has 49 heavy (non-hydrogen) atoms. The summed E-state index contributed by atoms with van der Waals surface area (Å²) in [6, 6.07) is 32.9. The number of hydrogen-bond donors (Lipinski definition) is 0. The molecule has 0 radical (unpaired) electrons. The van der Waals surface area contributed by atoms with Crippen LogP contribution in [0.2, 0.25) is 0 Å². The average molecular weight is 664 g/mol. The van der Waals surface area contributed by atoms with Crippen LogP contribution in [0.5, 0.6) is 5.75 Å². The van der Waals surface area contributed by atoms with Gasteiger partial charge in [-0.25, -0.2) is 0 Å². The van der Waals surface area contributed by atoms with Crippen molar-refractivity contribution in [3.8, 4) is 5.75 Å². The summed E-state index contributed by atoms with van der Waals surface area (Å²) in [4.78, 5) is 29.3. The van der Waals surface area contributed by atoms with Crippen LogP contribution >= 0.6 is 0 Å². The third kappa shape index (κ3) is 7.99. The monoisotopic (exact) mass is 663 g/mol. The van der Waals surface area contributed by atoms with Crippen molar-refractivity contribution in [1.29, 1.82) is 0 Å². The minimum Gasteiger partial charge on any atom is -0.497 e. The molecule has 0 unspecified atom stereocenters. The van der Waals surface area contributed by atoms with Gasteiger partial charge in [0.15, 0.2) is 6.29 Å². The van der Waals surface area contributed by atoms with Gasteiger partial charge in [-0.05, 0) is 47.9 Å². The van der Waals surface area contributed by atoms with E-state index >= 15 is 0 Å². The predicted octanol–water partition coefficient (Wildman–Crippen LogP) is 6.36. The molecule has 1 fully saturated rings. The molecule has 2 amide bonds. The molecule has 2 aliphatic heterocycles. The second-order valence-corrected chi connectivity index (χ2v) is 12.0. The average Bonchev–Trinajstić information content (AvgIpc) is 3.39. The van der Waals surface area contributed by atoms with E-state index in [4.69, 9.17) is 28.4 Å². The van der Waals surface area contributed by atoms with E-state index in [1.807, 2.05) is 91.9 Å². The largest absolute Gasteiger partial charge is 0.497 e. The first-order chi connectivity index (χ1) is 24.0. The molecular formula is C40H41NO8. The number of imide groups is 1. The lowest BCUT2D eigenvalue weighted by Crippen LogP contribution is -2.67. The summed E-state index contributed by atoms with van der Waals surface area (Å²) < 4.78 is 38.0. The maximum atomic E-state index is 14.0. The highest BCUT2D eigenvalue weighted by Gasteiger charge is 2.55. The van der Waals surface area contributed by atoms with Crippen LogP contribution in [0.15, 0.2) is 122 Å². The van der Waals surface area contributed by atoms with E-state index in [2.05, 4.69) is 6.58 Å². The number of nitrogens with zero attached hydrogens (tertiary/aromatic N) is 1. The van der Waals surface area contributed by atoms with E-state index in [0.29, 0.717) is 17.7 Å². The third-order valence-electron chi connectivity index (χ3n) is 8.70. The number of methoxy groups -OCH3 is 1. The Morgan fingerprint density at radius 3 is 1.84 bits per heavy atom. The van der Waals surface area contributed by atoms with Crippen LogP contribution in [0.3, 0.4) is 0 Å². The fourth-order valence-electron chi connectivity index (χ4n) is 6.10. The summed E-state index contributed by atoms with van der Waals surface area (Å²) in [6.45, 7) is 6.56. The van der Waals surface area contributed by atoms with Gasteiger partial charge in [0.2, 0.25) is 0 Å². The molecule has 0 saturated carbocycles. The van der Waals surface area contributed by atoms with Crippen LogP contribution in [0.1, 0.15) is 44.3 Å². The van der Waals surface area contributed by atoms with Crippen LogP contribution in [-0.4, -0.2) is 67.2 Å². The standard InChI is InChI=1S/C40H41NO8/c1-4-27(2)48-40-35(41-38(42)32-17-11-12-18-33(32)39(41)43)37(47-24-29-15-9-6-10-16-29)36(46-25-30-19-21-31(44-3)22-20-30)34(49-40)26-45-23-28-13-7-5-8-14-28/h4-22,27,34-37,40H,1,23-26H2,2-3H3/t27-,34-,35-,36-,37-,40-/m1/s1. The summed E-state index contributed by atoms with van der Waals surface area (Å²) in [7, 11) is 1.62. The zero-order valence-electron chi connectivity index (χ0n) is 27.7. The van der Waals surface area contributed by atoms with Crippen molar-refractivity contribution in [2.24, 2.45) is 0 Å². The van der Waals surface area contributed by atoms with Crippen LogP contribution in [0.25, 0.3) is 0 Å². The summed E-state index contributed by atoms with van der Waals surface area (Å²) in [6.07, 6.45) is -2.27. The van der Waals surface area contributed by atoms with Gasteiger partial charge in [0.05, 0.1) is 50.8 Å². The van der Waals surface area contributed by atoms with Crippen LogP contribution in [0.4, 0.5) is 0 Å². The first kappa shape index (κ1) is 34.2. The van der Waals surface area contributed by atoms with Gasteiger partial charge >= 0.3 is 0 Å². The number of fused-ring (bicyclic) bond motifs is 1. The fourth-order valence-corrected chi connectivity index (χ4v) is 6.10. The van der Waals surface area contributed by atoms with E-state index in [-0.39, 0.29) is 19.8 Å². The molecule has 2 aliphatic rings. The number of carbonyl (C=O) groups excluding carboxylic acids is 2. The number of rotatable bonds is 15.